The Morgan fingerprint density at radius 1 is 1.29 bits per heavy atom. The Bertz CT molecular complexity index is 788. The smallest absolute Gasteiger partial charge is 0.318 e. The number of thioether (sulfide) groups is 1. The maximum Gasteiger partial charge on any atom is 0.318 e. The van der Waals surface area contributed by atoms with E-state index in [1.54, 1.807) is 17.7 Å². The number of thiophene rings is 1. The number of fused-ring (bicyclic) bond motifs is 3. The van der Waals surface area contributed by atoms with Gasteiger partial charge in [-0.3, -0.25) is 10.1 Å². The zero-order chi connectivity index (χ0) is 17.3. The van der Waals surface area contributed by atoms with Gasteiger partial charge in [0.05, 0.1) is 5.25 Å². The molecule has 2 aromatic heterocycles. The predicted octanol–water partition coefficient (Wildman–Crippen LogP) is 2.88. The number of primary amides is 1. The van der Waals surface area contributed by atoms with Crippen LogP contribution in [0.15, 0.2) is 11.4 Å². The third-order valence-electron chi connectivity index (χ3n) is 4.07. The molecule has 128 valence electrons. The topological polar surface area (TPSA) is 98.0 Å². The molecule has 3 rings (SSSR count). The lowest BCUT2D eigenvalue weighted by Crippen LogP contribution is -2.42. The average molecular weight is 364 g/mol. The number of carbonyl (C=O) groups excluding carboxylic acids is 2. The fraction of sp³-hybridized carbons (Fsp3) is 0.500. The number of hydrogen-bond acceptors (Lipinski definition) is 6. The molecule has 0 fully saturated rings. The molecule has 3 N–H and O–H groups in total. The van der Waals surface area contributed by atoms with Crippen LogP contribution in [0.2, 0.25) is 0 Å². The molecule has 2 aromatic rings. The molecular weight excluding hydrogens is 344 g/mol. The zero-order valence-electron chi connectivity index (χ0n) is 13.7. The van der Waals surface area contributed by atoms with Gasteiger partial charge in [-0.15, -0.1) is 11.3 Å². The molecule has 0 spiro atoms. The van der Waals surface area contributed by atoms with E-state index in [1.807, 2.05) is 13.8 Å². The Morgan fingerprint density at radius 2 is 2.04 bits per heavy atom. The van der Waals surface area contributed by atoms with Crippen molar-refractivity contribution in [3.05, 3.63) is 16.8 Å². The molecule has 0 aromatic carbocycles. The van der Waals surface area contributed by atoms with Gasteiger partial charge >= 0.3 is 6.03 Å². The summed E-state index contributed by atoms with van der Waals surface area (Å²) in [4.78, 5) is 34.5. The van der Waals surface area contributed by atoms with E-state index in [0.717, 1.165) is 28.1 Å². The first kappa shape index (κ1) is 17.2. The second-order valence-corrected chi connectivity index (χ2v) is 8.42. The third-order valence-corrected chi connectivity index (χ3v) is 6.81. The highest BCUT2D eigenvalue weighted by Crippen LogP contribution is 2.40. The zero-order valence-corrected chi connectivity index (χ0v) is 15.3. The number of rotatable bonds is 4. The minimum atomic E-state index is -0.827. The molecule has 0 saturated carbocycles. The lowest BCUT2D eigenvalue weighted by Gasteiger charge is -2.19. The van der Waals surface area contributed by atoms with E-state index < -0.39 is 11.3 Å². The fourth-order valence-electron chi connectivity index (χ4n) is 2.96. The van der Waals surface area contributed by atoms with Crippen LogP contribution in [-0.4, -0.2) is 27.2 Å². The van der Waals surface area contributed by atoms with E-state index in [0.29, 0.717) is 0 Å². The average Bonchev–Trinajstić information content (AvgIpc) is 2.90. The minimum absolute atomic E-state index is 0.0360. The quantitative estimate of drug-likeness (QED) is 0.642. The lowest BCUT2D eigenvalue weighted by atomic mass is 9.97. The van der Waals surface area contributed by atoms with Crippen molar-refractivity contribution in [2.75, 3.05) is 0 Å². The number of aromatic nitrogens is 2. The van der Waals surface area contributed by atoms with Crippen molar-refractivity contribution in [3.8, 4) is 0 Å². The largest absolute Gasteiger partial charge is 0.351 e. The molecule has 0 bridgehead atoms. The number of hydrogen-bond donors (Lipinski definition) is 2. The molecule has 1 atom stereocenters. The van der Waals surface area contributed by atoms with Gasteiger partial charge in [0.25, 0.3) is 0 Å². The van der Waals surface area contributed by atoms with Crippen LogP contribution in [-0.2, 0) is 17.6 Å². The van der Waals surface area contributed by atoms with Gasteiger partial charge in [-0.2, -0.15) is 0 Å². The Kier molecular flexibility index (Phi) is 5.05. The lowest BCUT2D eigenvalue weighted by molar-refractivity contribution is -0.120. The summed E-state index contributed by atoms with van der Waals surface area (Å²) in [5.74, 6) is -0.341. The number of imide groups is 1. The summed E-state index contributed by atoms with van der Waals surface area (Å²) < 4.78 is 0. The van der Waals surface area contributed by atoms with E-state index >= 15 is 0 Å². The Balaban J connectivity index is 1.97. The number of amides is 3. The monoisotopic (exact) mass is 364 g/mol. The Hall–Kier alpha value is -1.67. The molecule has 2 heterocycles. The van der Waals surface area contributed by atoms with E-state index in [-0.39, 0.29) is 11.8 Å². The second-order valence-electron chi connectivity index (χ2n) is 6.21. The highest BCUT2D eigenvalue weighted by atomic mass is 32.2. The number of nitrogens with zero attached hydrogens (tertiary/aromatic N) is 2. The number of nitrogens with one attached hydrogen (secondary N) is 1. The normalized spacial score (nSPS) is 15.3. The van der Waals surface area contributed by atoms with Crippen molar-refractivity contribution in [2.24, 2.45) is 11.7 Å². The minimum Gasteiger partial charge on any atom is -0.351 e. The van der Waals surface area contributed by atoms with Crippen LogP contribution in [0, 0.1) is 5.92 Å². The molecule has 0 radical (unpaired) electrons. The van der Waals surface area contributed by atoms with Crippen molar-refractivity contribution >= 4 is 45.3 Å². The summed E-state index contributed by atoms with van der Waals surface area (Å²) in [7, 11) is 0. The van der Waals surface area contributed by atoms with Crippen LogP contribution in [0.4, 0.5) is 4.79 Å². The molecular formula is C16H20N4O2S2. The molecule has 1 aliphatic carbocycles. The van der Waals surface area contributed by atoms with Crippen molar-refractivity contribution in [1.29, 1.82) is 0 Å². The molecule has 1 aliphatic rings. The fourth-order valence-corrected chi connectivity index (χ4v) is 5.37. The molecule has 0 saturated heterocycles. The van der Waals surface area contributed by atoms with E-state index in [2.05, 4.69) is 15.3 Å². The van der Waals surface area contributed by atoms with E-state index in [4.69, 9.17) is 5.73 Å². The van der Waals surface area contributed by atoms with Crippen LogP contribution in [0.5, 0.6) is 0 Å². The summed E-state index contributed by atoms with van der Waals surface area (Å²) in [6.45, 7) is 3.89. The molecule has 24 heavy (non-hydrogen) atoms. The number of aryl methyl sites for hydroxylation is 2. The van der Waals surface area contributed by atoms with Gasteiger partial charge in [-0.1, -0.05) is 25.6 Å². The van der Waals surface area contributed by atoms with Crippen LogP contribution >= 0.6 is 23.1 Å². The summed E-state index contributed by atoms with van der Waals surface area (Å²) in [6, 6.07) is -0.827. The summed E-state index contributed by atoms with van der Waals surface area (Å²) in [5, 5.41) is 3.65. The Labute approximate surface area is 148 Å². The van der Waals surface area contributed by atoms with Crippen molar-refractivity contribution in [1.82, 2.24) is 15.3 Å². The van der Waals surface area contributed by atoms with Gasteiger partial charge in [-0.05, 0) is 37.2 Å². The molecule has 0 aliphatic heterocycles. The highest BCUT2D eigenvalue weighted by molar-refractivity contribution is 8.00. The van der Waals surface area contributed by atoms with Crippen molar-refractivity contribution in [2.45, 2.75) is 49.8 Å². The first-order chi connectivity index (χ1) is 11.5. The predicted molar refractivity (Wildman–Crippen MR) is 96.3 cm³/mol. The summed E-state index contributed by atoms with van der Waals surface area (Å²) in [5.41, 5.74) is 6.42. The van der Waals surface area contributed by atoms with Crippen LogP contribution < -0.4 is 11.1 Å². The van der Waals surface area contributed by atoms with Gasteiger partial charge in [-0.25, -0.2) is 14.8 Å². The molecule has 6 nitrogen and oxygen atoms in total. The third kappa shape index (κ3) is 3.39. The van der Waals surface area contributed by atoms with Crippen LogP contribution in [0.3, 0.4) is 0 Å². The van der Waals surface area contributed by atoms with Gasteiger partial charge in [0.1, 0.15) is 16.2 Å². The second kappa shape index (κ2) is 7.06. The van der Waals surface area contributed by atoms with Gasteiger partial charge in [0, 0.05) is 10.3 Å². The van der Waals surface area contributed by atoms with Crippen molar-refractivity contribution in [3.63, 3.8) is 0 Å². The van der Waals surface area contributed by atoms with Gasteiger partial charge in [0.2, 0.25) is 5.91 Å². The Morgan fingerprint density at radius 3 is 2.75 bits per heavy atom. The SMILES string of the molecule is CC(C)C(Sc1ncnc2sc3c(c12)CCCC3)C(=O)NC(N)=O. The van der Waals surface area contributed by atoms with E-state index in [1.165, 1.54) is 35.0 Å². The van der Waals surface area contributed by atoms with Gasteiger partial charge in [0.15, 0.2) is 0 Å². The first-order valence-electron chi connectivity index (χ1n) is 7.99. The number of carbonyl (C=O) groups is 2. The number of nitrogens with two attached hydrogens (primary N) is 1. The highest BCUT2D eigenvalue weighted by Gasteiger charge is 2.28. The maximum absolute atomic E-state index is 12.3. The standard InChI is InChI=1S/C16H20N4O2S2/c1-8(2)12(13(21)20-16(17)22)24-15-11-9-5-3-4-6-10(9)23-14(11)18-7-19-15/h7-8,12H,3-6H2,1-2H3,(H3,17,20,21,22). The molecule has 3 amide bonds. The molecule has 1 unspecified atom stereocenters. The summed E-state index contributed by atoms with van der Waals surface area (Å²) in [6.07, 6.45) is 6.07. The van der Waals surface area contributed by atoms with Crippen LogP contribution in [0.25, 0.3) is 10.2 Å². The van der Waals surface area contributed by atoms with Gasteiger partial charge < -0.3 is 5.73 Å². The first-order valence-corrected chi connectivity index (χ1v) is 9.69. The van der Waals surface area contributed by atoms with Crippen LogP contribution in [0.1, 0.15) is 37.1 Å². The van der Waals surface area contributed by atoms with Crippen molar-refractivity contribution < 1.29 is 9.59 Å². The van der Waals surface area contributed by atoms with E-state index in [9.17, 15) is 9.59 Å². The number of urea groups is 1. The maximum atomic E-state index is 12.3. The summed E-state index contributed by atoms with van der Waals surface area (Å²) >= 11 is 3.12. The molecule has 8 heteroatoms.